The molecule has 4 rings (SSSR count). The van der Waals surface area contributed by atoms with Gasteiger partial charge < -0.3 is 5.32 Å². The minimum absolute atomic E-state index is 0.244. The first-order valence-electron chi connectivity index (χ1n) is 9.01. The fraction of sp³-hybridized carbons (Fsp3) is 0.350. The van der Waals surface area contributed by atoms with Gasteiger partial charge in [0.05, 0.1) is 12.2 Å². The zero-order chi connectivity index (χ0) is 18.1. The van der Waals surface area contributed by atoms with E-state index >= 15 is 0 Å². The molecule has 1 aliphatic heterocycles. The molecule has 1 saturated carbocycles. The summed E-state index contributed by atoms with van der Waals surface area (Å²) in [5.41, 5.74) is 1.83. The van der Waals surface area contributed by atoms with Crippen molar-refractivity contribution >= 4 is 21.5 Å². The molecule has 0 bridgehead atoms. The Balaban J connectivity index is 1.59. The average Bonchev–Trinajstić information content (AvgIpc) is 3.46. The molecule has 2 aliphatic rings. The fourth-order valence-corrected chi connectivity index (χ4v) is 4.61. The van der Waals surface area contributed by atoms with Crippen molar-refractivity contribution in [1.29, 1.82) is 0 Å². The van der Waals surface area contributed by atoms with Crippen LogP contribution in [-0.4, -0.2) is 31.7 Å². The van der Waals surface area contributed by atoms with Gasteiger partial charge >= 0.3 is 0 Å². The third-order valence-electron chi connectivity index (χ3n) is 5.14. The fourth-order valence-electron chi connectivity index (χ4n) is 3.47. The molecule has 26 heavy (non-hydrogen) atoms. The summed E-state index contributed by atoms with van der Waals surface area (Å²) in [5, 5.41) is 3.21. The molecule has 1 aliphatic carbocycles. The molecule has 1 atom stereocenters. The van der Waals surface area contributed by atoms with E-state index in [1.165, 1.54) is 18.4 Å². The predicted molar refractivity (Wildman–Crippen MR) is 104 cm³/mol. The second kappa shape index (κ2) is 6.85. The van der Waals surface area contributed by atoms with Crippen molar-refractivity contribution in [2.24, 2.45) is 10.3 Å². The number of amidine groups is 1. The van der Waals surface area contributed by atoms with Crippen LogP contribution in [0.5, 0.6) is 0 Å². The largest absolute Gasteiger partial charge is 0.341 e. The number of hydrogen-bond donors (Lipinski definition) is 1. The summed E-state index contributed by atoms with van der Waals surface area (Å²) in [6.07, 6.45) is 2.49. The van der Waals surface area contributed by atoms with E-state index < -0.39 is 10.0 Å². The highest BCUT2D eigenvalue weighted by Gasteiger charge is 2.33. The number of benzene rings is 2. The average molecular weight is 369 g/mol. The molecule has 0 saturated heterocycles. The van der Waals surface area contributed by atoms with Gasteiger partial charge in [0.2, 0.25) is 0 Å². The van der Waals surface area contributed by atoms with Crippen molar-refractivity contribution < 1.29 is 8.42 Å². The maximum absolute atomic E-state index is 12.5. The Kier molecular flexibility index (Phi) is 4.54. The van der Waals surface area contributed by atoms with Gasteiger partial charge in [0.15, 0.2) is 0 Å². The predicted octanol–water partition coefficient (Wildman–Crippen LogP) is 3.50. The van der Waals surface area contributed by atoms with Crippen LogP contribution in [0.1, 0.15) is 25.3 Å². The number of para-hydroxylation sites is 1. The molecule has 2 aromatic carbocycles. The number of nitrogens with one attached hydrogen (secondary N) is 1. The van der Waals surface area contributed by atoms with Crippen LogP contribution >= 0.6 is 0 Å². The Hall–Kier alpha value is -2.18. The topological polar surface area (TPSA) is 61.8 Å². The van der Waals surface area contributed by atoms with Gasteiger partial charge in [-0.3, -0.25) is 4.90 Å². The Morgan fingerprint density at radius 2 is 1.77 bits per heavy atom. The summed E-state index contributed by atoms with van der Waals surface area (Å²) < 4.78 is 29.0. The van der Waals surface area contributed by atoms with E-state index in [0.29, 0.717) is 30.0 Å². The first-order chi connectivity index (χ1) is 12.5. The molecule has 0 radical (unpaired) electrons. The van der Waals surface area contributed by atoms with Gasteiger partial charge in [-0.15, -0.1) is 4.40 Å². The van der Waals surface area contributed by atoms with Crippen LogP contribution in [0.3, 0.4) is 0 Å². The Morgan fingerprint density at radius 1 is 1.08 bits per heavy atom. The normalized spacial score (nSPS) is 19.4. The molecule has 1 heterocycles. The SMILES string of the molecule is CC(C1CC1)N(CC1=NS(=O)(=O)c2ccccc2N1)Cc1ccccc1. The van der Waals surface area contributed by atoms with Crippen molar-refractivity contribution in [3.63, 3.8) is 0 Å². The standard InChI is InChI=1S/C20H23N3O2S/c1-15(17-11-12-17)23(13-16-7-3-2-4-8-16)14-20-21-18-9-5-6-10-19(18)26(24,25)22-20/h2-10,15,17H,11-14H2,1H3,(H,21,22). The monoisotopic (exact) mass is 369 g/mol. The van der Waals surface area contributed by atoms with E-state index in [9.17, 15) is 8.42 Å². The molecular weight excluding hydrogens is 346 g/mol. The molecule has 1 unspecified atom stereocenters. The minimum Gasteiger partial charge on any atom is -0.341 e. The van der Waals surface area contributed by atoms with Crippen LogP contribution in [0.15, 0.2) is 63.9 Å². The lowest BCUT2D eigenvalue weighted by Crippen LogP contribution is -2.41. The second-order valence-electron chi connectivity index (χ2n) is 7.10. The number of nitrogens with zero attached hydrogens (tertiary/aromatic N) is 2. The van der Waals surface area contributed by atoms with Gasteiger partial charge in [-0.1, -0.05) is 42.5 Å². The lowest BCUT2D eigenvalue weighted by atomic mass is 10.1. The summed E-state index contributed by atoms with van der Waals surface area (Å²) in [6, 6.07) is 17.6. The highest BCUT2D eigenvalue weighted by molar-refractivity contribution is 7.90. The maximum atomic E-state index is 12.5. The first kappa shape index (κ1) is 17.2. The van der Waals surface area contributed by atoms with Gasteiger partial charge in [0.25, 0.3) is 10.0 Å². The third-order valence-corrected chi connectivity index (χ3v) is 6.51. The molecule has 0 amide bonds. The van der Waals surface area contributed by atoms with E-state index in [1.807, 2.05) is 24.3 Å². The number of sulfonamides is 1. The Bertz CT molecular complexity index is 921. The highest BCUT2D eigenvalue weighted by Crippen LogP contribution is 2.36. The second-order valence-corrected chi connectivity index (χ2v) is 8.68. The van der Waals surface area contributed by atoms with Crippen molar-refractivity contribution in [1.82, 2.24) is 4.90 Å². The van der Waals surface area contributed by atoms with Gasteiger partial charge in [-0.05, 0) is 43.4 Å². The van der Waals surface area contributed by atoms with Crippen molar-refractivity contribution in [2.45, 2.75) is 37.2 Å². The summed E-state index contributed by atoms with van der Waals surface area (Å²) in [4.78, 5) is 2.57. The molecule has 5 nitrogen and oxygen atoms in total. The quantitative estimate of drug-likeness (QED) is 0.847. The van der Waals surface area contributed by atoms with Crippen molar-refractivity contribution in [3.8, 4) is 0 Å². The first-order valence-corrected chi connectivity index (χ1v) is 10.4. The van der Waals surface area contributed by atoms with Crippen LogP contribution in [0.25, 0.3) is 0 Å². The number of rotatable bonds is 6. The third kappa shape index (κ3) is 3.66. The number of anilines is 1. The maximum Gasteiger partial charge on any atom is 0.286 e. The number of fused-ring (bicyclic) bond motifs is 1. The molecule has 136 valence electrons. The summed E-state index contributed by atoms with van der Waals surface area (Å²) >= 11 is 0. The lowest BCUT2D eigenvalue weighted by Gasteiger charge is -2.31. The van der Waals surface area contributed by atoms with E-state index in [0.717, 1.165) is 6.54 Å². The molecule has 2 aromatic rings. The zero-order valence-electron chi connectivity index (χ0n) is 14.8. The van der Waals surface area contributed by atoms with Gasteiger partial charge in [0, 0.05) is 12.6 Å². The molecule has 6 heteroatoms. The van der Waals surface area contributed by atoms with Crippen LogP contribution < -0.4 is 5.32 Å². The highest BCUT2D eigenvalue weighted by atomic mass is 32.2. The molecule has 0 spiro atoms. The van der Waals surface area contributed by atoms with Crippen molar-refractivity contribution in [2.75, 3.05) is 11.9 Å². The van der Waals surface area contributed by atoms with E-state index in [4.69, 9.17) is 0 Å². The smallest absolute Gasteiger partial charge is 0.286 e. The molecular formula is C20H23N3O2S. The van der Waals surface area contributed by atoms with Crippen LogP contribution in [-0.2, 0) is 16.6 Å². The lowest BCUT2D eigenvalue weighted by molar-refractivity contribution is 0.208. The molecule has 0 aromatic heterocycles. The Labute approximate surface area is 154 Å². The molecule has 1 fully saturated rings. The summed E-state index contributed by atoms with van der Waals surface area (Å²) in [7, 11) is -3.64. The van der Waals surface area contributed by atoms with Crippen LogP contribution in [0, 0.1) is 5.92 Å². The summed E-state index contributed by atoms with van der Waals surface area (Å²) in [5.74, 6) is 1.18. The molecule has 1 N–H and O–H groups in total. The van der Waals surface area contributed by atoms with Gasteiger partial charge in [0.1, 0.15) is 10.7 Å². The van der Waals surface area contributed by atoms with Crippen molar-refractivity contribution in [3.05, 3.63) is 60.2 Å². The van der Waals surface area contributed by atoms with E-state index in [1.54, 1.807) is 18.2 Å². The van der Waals surface area contributed by atoms with Crippen LogP contribution in [0.4, 0.5) is 5.69 Å². The van der Waals surface area contributed by atoms with Crippen LogP contribution in [0.2, 0.25) is 0 Å². The van der Waals surface area contributed by atoms with E-state index in [-0.39, 0.29) is 4.90 Å². The Morgan fingerprint density at radius 3 is 2.50 bits per heavy atom. The zero-order valence-corrected chi connectivity index (χ0v) is 15.6. The van der Waals surface area contributed by atoms with Gasteiger partial charge in [-0.25, -0.2) is 0 Å². The van der Waals surface area contributed by atoms with Gasteiger partial charge in [-0.2, -0.15) is 8.42 Å². The van der Waals surface area contributed by atoms with E-state index in [2.05, 4.69) is 33.7 Å². The summed E-state index contributed by atoms with van der Waals surface area (Å²) in [6.45, 7) is 3.49. The number of hydrogen-bond acceptors (Lipinski definition) is 4. The minimum atomic E-state index is -3.64.